The molecule has 7 rings (SSSR count). The molecule has 296 valence electrons. The second-order valence-electron chi connectivity index (χ2n) is 16.1. The number of nitrogens with zero attached hydrogens (tertiary/aromatic N) is 6. The summed E-state index contributed by atoms with van der Waals surface area (Å²) in [5.74, 6) is 0.373. The largest absolute Gasteiger partial charge is 0.490 e. The Balaban J connectivity index is 1.06. The van der Waals surface area contributed by atoms with Crippen LogP contribution in [0, 0.1) is 23.7 Å². The fraction of sp³-hybridized carbons (Fsp3) is 0.600. The normalized spacial score (nSPS) is 23.3. The number of fused-ring (bicyclic) bond motifs is 2. The first-order valence-corrected chi connectivity index (χ1v) is 19.5. The van der Waals surface area contributed by atoms with Crippen molar-refractivity contribution in [3.8, 4) is 5.75 Å². The number of piperidine rings is 1. The van der Waals surface area contributed by atoms with Gasteiger partial charge in [0.15, 0.2) is 5.69 Å². The standard InChI is InChI=1S/C40H50F3N7O5/c1-25-16-27(17-26(2)19-34(51)52)20-28(18-25)22-46-36(53)31-23-47-38(48-35(31)40(41,42)43)50-24-39(8-14-54-15-9-39)32-21-30(4-5-33(32)50)55-29-6-12-49(13-7-29)37-44-10-3-11-45-37/h3-5,10-11,21,23,25-29H,6-9,12-20,22,24H2,1-2H3,(H,46,53)(H,51,52). The lowest BCUT2D eigenvalue weighted by Gasteiger charge is -2.35. The minimum absolute atomic E-state index is 0.00650. The maximum Gasteiger partial charge on any atom is 0.434 e. The monoisotopic (exact) mass is 765 g/mol. The molecule has 0 bridgehead atoms. The van der Waals surface area contributed by atoms with Crippen molar-refractivity contribution in [2.75, 3.05) is 49.2 Å². The summed E-state index contributed by atoms with van der Waals surface area (Å²) in [7, 11) is 0. The zero-order valence-electron chi connectivity index (χ0n) is 31.4. The topological polar surface area (TPSA) is 143 Å². The lowest BCUT2D eigenvalue weighted by Crippen LogP contribution is -2.39. The van der Waals surface area contributed by atoms with E-state index in [2.05, 4.69) is 37.1 Å². The molecule has 1 aromatic carbocycles. The summed E-state index contributed by atoms with van der Waals surface area (Å²) in [4.78, 5) is 45.6. The molecule has 0 radical (unpaired) electrons. The van der Waals surface area contributed by atoms with E-state index in [1.165, 1.54) is 0 Å². The van der Waals surface area contributed by atoms with Gasteiger partial charge in [0.25, 0.3) is 5.91 Å². The van der Waals surface area contributed by atoms with Crippen molar-refractivity contribution in [3.05, 3.63) is 59.7 Å². The van der Waals surface area contributed by atoms with Crippen molar-refractivity contribution in [3.63, 3.8) is 0 Å². The summed E-state index contributed by atoms with van der Waals surface area (Å²) < 4.78 is 56.2. The number of aromatic nitrogens is 4. The number of amides is 1. The highest BCUT2D eigenvalue weighted by molar-refractivity contribution is 5.95. The zero-order valence-corrected chi connectivity index (χ0v) is 31.4. The van der Waals surface area contributed by atoms with Crippen molar-refractivity contribution in [1.82, 2.24) is 25.3 Å². The first-order valence-electron chi connectivity index (χ1n) is 19.5. The second-order valence-corrected chi connectivity index (χ2v) is 16.1. The summed E-state index contributed by atoms with van der Waals surface area (Å²) in [5, 5.41) is 11.9. The van der Waals surface area contributed by atoms with Gasteiger partial charge in [-0.15, -0.1) is 0 Å². The molecular formula is C40H50F3N7O5. The average Bonchev–Trinajstić information content (AvgIpc) is 3.46. The maximum atomic E-state index is 14.7. The molecule has 12 nitrogen and oxygen atoms in total. The molecule has 4 aliphatic rings. The van der Waals surface area contributed by atoms with Gasteiger partial charge in [-0.25, -0.2) is 19.9 Å². The molecule has 5 heterocycles. The van der Waals surface area contributed by atoms with Crippen molar-refractivity contribution in [2.24, 2.45) is 23.7 Å². The van der Waals surface area contributed by atoms with Gasteiger partial charge < -0.3 is 29.7 Å². The summed E-state index contributed by atoms with van der Waals surface area (Å²) in [6.45, 7) is 7.22. The molecule has 55 heavy (non-hydrogen) atoms. The number of aliphatic carboxylic acids is 1. The minimum atomic E-state index is -4.89. The smallest absolute Gasteiger partial charge is 0.434 e. The van der Waals surface area contributed by atoms with Crippen LogP contribution < -0.4 is 19.9 Å². The lowest BCUT2D eigenvalue weighted by molar-refractivity contribution is -0.141. The molecule has 1 spiro atoms. The van der Waals surface area contributed by atoms with Crippen LogP contribution >= 0.6 is 0 Å². The van der Waals surface area contributed by atoms with Crippen molar-refractivity contribution < 1.29 is 37.3 Å². The van der Waals surface area contributed by atoms with Gasteiger partial charge in [-0.2, -0.15) is 13.2 Å². The molecule has 3 fully saturated rings. The number of ether oxygens (including phenoxy) is 2. The quantitative estimate of drug-likeness (QED) is 0.213. The Morgan fingerprint density at radius 2 is 1.78 bits per heavy atom. The third kappa shape index (κ3) is 8.97. The Hall–Kier alpha value is -4.53. The third-order valence-corrected chi connectivity index (χ3v) is 11.8. The van der Waals surface area contributed by atoms with E-state index >= 15 is 0 Å². The number of carbonyl (C=O) groups is 2. The Morgan fingerprint density at radius 1 is 1.05 bits per heavy atom. The number of nitrogens with one attached hydrogen (secondary N) is 1. The summed E-state index contributed by atoms with van der Waals surface area (Å²) in [5.41, 5.74) is -0.581. The predicted octanol–water partition coefficient (Wildman–Crippen LogP) is 6.82. The van der Waals surface area contributed by atoms with E-state index in [-0.39, 0.29) is 42.3 Å². The Morgan fingerprint density at radius 3 is 2.49 bits per heavy atom. The van der Waals surface area contributed by atoms with Crippen LogP contribution in [0.1, 0.15) is 93.3 Å². The number of benzene rings is 1. The van der Waals surface area contributed by atoms with Gasteiger partial charge >= 0.3 is 12.1 Å². The van der Waals surface area contributed by atoms with E-state index < -0.39 is 29.3 Å². The van der Waals surface area contributed by atoms with Crippen LogP contribution in [-0.2, 0) is 21.1 Å². The molecule has 1 amide bonds. The van der Waals surface area contributed by atoms with E-state index in [0.29, 0.717) is 61.8 Å². The average molecular weight is 766 g/mol. The van der Waals surface area contributed by atoms with Gasteiger partial charge in [0.1, 0.15) is 11.9 Å². The summed E-state index contributed by atoms with van der Waals surface area (Å²) in [6.07, 6.45) is 5.97. The number of carboxylic acids is 1. The number of carboxylic acid groups (broad SMARTS) is 1. The molecule has 2 saturated heterocycles. The van der Waals surface area contributed by atoms with Crippen LogP contribution in [0.3, 0.4) is 0 Å². The number of hydrogen-bond donors (Lipinski definition) is 2. The molecule has 15 heteroatoms. The molecular weight excluding hydrogens is 715 g/mol. The SMILES string of the molecule is CC(CC(=O)O)CC1CC(C)CC(CNC(=O)c2cnc(N3CC4(CCOCC4)c4cc(OC5CCN(c6ncccn6)CC5)ccc43)nc2C(F)(F)F)C1. The fourth-order valence-corrected chi connectivity index (χ4v) is 9.34. The van der Waals surface area contributed by atoms with Crippen LogP contribution in [0.4, 0.5) is 30.8 Å². The molecule has 3 aliphatic heterocycles. The van der Waals surface area contributed by atoms with E-state index in [1.807, 2.05) is 25.1 Å². The molecule has 2 N–H and O–H groups in total. The van der Waals surface area contributed by atoms with Crippen molar-refractivity contribution in [2.45, 2.75) is 89.3 Å². The van der Waals surface area contributed by atoms with Crippen molar-refractivity contribution in [1.29, 1.82) is 0 Å². The fourth-order valence-electron chi connectivity index (χ4n) is 9.34. The molecule has 4 unspecified atom stereocenters. The minimum Gasteiger partial charge on any atom is -0.490 e. The first-order chi connectivity index (χ1) is 26.4. The zero-order chi connectivity index (χ0) is 38.7. The number of halogens is 3. The van der Waals surface area contributed by atoms with Crippen LogP contribution in [0.2, 0.25) is 0 Å². The lowest BCUT2D eigenvalue weighted by atomic mass is 9.73. The predicted molar refractivity (Wildman–Crippen MR) is 198 cm³/mol. The highest BCUT2D eigenvalue weighted by Gasteiger charge is 2.46. The van der Waals surface area contributed by atoms with Crippen LogP contribution in [0.25, 0.3) is 0 Å². The Labute approximate surface area is 319 Å². The number of hydrogen-bond acceptors (Lipinski definition) is 10. The van der Waals surface area contributed by atoms with Crippen molar-refractivity contribution >= 4 is 29.5 Å². The van der Waals surface area contributed by atoms with E-state index in [1.54, 1.807) is 23.4 Å². The highest BCUT2D eigenvalue weighted by Crippen LogP contribution is 2.50. The second kappa shape index (κ2) is 16.3. The van der Waals surface area contributed by atoms with Gasteiger partial charge in [-0.1, -0.05) is 13.8 Å². The van der Waals surface area contributed by atoms with E-state index in [4.69, 9.17) is 9.47 Å². The highest BCUT2D eigenvalue weighted by atomic mass is 19.4. The number of alkyl halides is 3. The molecule has 1 saturated carbocycles. The van der Waals surface area contributed by atoms with Gasteiger partial charge in [-0.3, -0.25) is 9.59 Å². The molecule has 1 aliphatic carbocycles. The van der Waals surface area contributed by atoms with Gasteiger partial charge in [0, 0.05) is 88.3 Å². The van der Waals surface area contributed by atoms with Crippen LogP contribution in [-0.4, -0.2) is 82.4 Å². The summed E-state index contributed by atoms with van der Waals surface area (Å²) >= 11 is 0. The maximum absolute atomic E-state index is 14.7. The van der Waals surface area contributed by atoms with Gasteiger partial charge in [0.05, 0.1) is 5.56 Å². The van der Waals surface area contributed by atoms with Gasteiger partial charge in [-0.05, 0) is 92.0 Å². The van der Waals surface area contributed by atoms with E-state index in [9.17, 15) is 27.9 Å². The van der Waals surface area contributed by atoms with Gasteiger partial charge in [0.2, 0.25) is 11.9 Å². The number of anilines is 3. The Kier molecular flexibility index (Phi) is 11.5. The number of rotatable bonds is 11. The number of carbonyl (C=O) groups excluding carboxylic acids is 1. The van der Waals surface area contributed by atoms with Crippen LogP contribution in [0.5, 0.6) is 5.75 Å². The Bertz CT molecular complexity index is 1820. The molecule has 2 aromatic heterocycles. The molecule has 4 atom stereocenters. The third-order valence-electron chi connectivity index (χ3n) is 11.8. The van der Waals surface area contributed by atoms with E-state index in [0.717, 1.165) is 63.4 Å². The first kappa shape index (κ1) is 38.7. The molecule has 3 aromatic rings. The summed E-state index contributed by atoms with van der Waals surface area (Å²) in [6, 6.07) is 7.54. The van der Waals surface area contributed by atoms with Crippen LogP contribution in [0.15, 0.2) is 42.9 Å².